The highest BCUT2D eigenvalue weighted by Gasteiger charge is 2.17. The number of imidazole rings is 1. The molecule has 0 aliphatic carbocycles. The number of nitrogens with zero attached hydrogens (tertiary/aromatic N) is 2. The van der Waals surface area contributed by atoms with E-state index in [1.165, 1.54) is 33.5 Å². The SMILES string of the molecule is COc1cc(CC(=O)Nc2c(-c3ccc(F)cc3)ncn2C)cc(OC)c1OC. The van der Waals surface area contributed by atoms with Crippen LogP contribution in [-0.4, -0.2) is 36.8 Å². The molecule has 1 N–H and O–H groups in total. The maximum Gasteiger partial charge on any atom is 0.229 e. The highest BCUT2D eigenvalue weighted by molar-refractivity contribution is 5.95. The molecule has 0 radical (unpaired) electrons. The second-order valence-electron chi connectivity index (χ2n) is 6.32. The van der Waals surface area contributed by atoms with Gasteiger partial charge in [0.25, 0.3) is 0 Å². The molecule has 0 aliphatic rings. The number of amides is 1. The highest BCUT2D eigenvalue weighted by atomic mass is 19.1. The van der Waals surface area contributed by atoms with Crippen LogP contribution in [0.15, 0.2) is 42.7 Å². The van der Waals surface area contributed by atoms with Gasteiger partial charge in [0.15, 0.2) is 11.5 Å². The number of rotatable bonds is 7. The van der Waals surface area contributed by atoms with Gasteiger partial charge in [0.05, 0.1) is 34.1 Å². The van der Waals surface area contributed by atoms with E-state index in [1.807, 2.05) is 0 Å². The number of anilines is 1. The largest absolute Gasteiger partial charge is 0.493 e. The molecule has 0 bridgehead atoms. The van der Waals surface area contributed by atoms with Gasteiger partial charge in [-0.15, -0.1) is 0 Å². The molecule has 0 atom stereocenters. The van der Waals surface area contributed by atoms with Crippen LogP contribution < -0.4 is 19.5 Å². The Morgan fingerprint density at radius 3 is 2.24 bits per heavy atom. The van der Waals surface area contributed by atoms with E-state index in [4.69, 9.17) is 14.2 Å². The van der Waals surface area contributed by atoms with Crippen LogP contribution >= 0.6 is 0 Å². The number of aryl methyl sites for hydroxylation is 1. The van der Waals surface area contributed by atoms with Crippen LogP contribution in [0.3, 0.4) is 0 Å². The normalized spacial score (nSPS) is 10.5. The Hall–Kier alpha value is -3.55. The van der Waals surface area contributed by atoms with Crippen molar-refractivity contribution in [3.63, 3.8) is 0 Å². The van der Waals surface area contributed by atoms with E-state index >= 15 is 0 Å². The monoisotopic (exact) mass is 399 g/mol. The molecule has 0 fully saturated rings. The zero-order chi connectivity index (χ0) is 21.0. The molecule has 3 aromatic rings. The second kappa shape index (κ2) is 8.64. The lowest BCUT2D eigenvalue weighted by molar-refractivity contribution is -0.115. The molecule has 0 unspecified atom stereocenters. The smallest absolute Gasteiger partial charge is 0.229 e. The third kappa shape index (κ3) is 4.31. The summed E-state index contributed by atoms with van der Waals surface area (Å²) in [5.41, 5.74) is 1.96. The van der Waals surface area contributed by atoms with Crippen molar-refractivity contribution in [1.29, 1.82) is 0 Å². The molecule has 1 aromatic heterocycles. The molecule has 8 heteroatoms. The molecule has 0 saturated heterocycles. The van der Waals surface area contributed by atoms with Crippen LogP contribution in [0, 0.1) is 5.82 Å². The van der Waals surface area contributed by atoms with Gasteiger partial charge in [-0.25, -0.2) is 9.37 Å². The van der Waals surface area contributed by atoms with Crippen molar-refractivity contribution in [2.24, 2.45) is 7.05 Å². The third-order valence-corrected chi connectivity index (χ3v) is 4.40. The van der Waals surface area contributed by atoms with Crippen molar-refractivity contribution in [2.75, 3.05) is 26.6 Å². The fraction of sp³-hybridized carbons (Fsp3) is 0.238. The molecule has 29 heavy (non-hydrogen) atoms. The van der Waals surface area contributed by atoms with Crippen molar-refractivity contribution in [3.8, 4) is 28.5 Å². The van der Waals surface area contributed by atoms with Crippen LogP contribution in [0.5, 0.6) is 17.2 Å². The van der Waals surface area contributed by atoms with Gasteiger partial charge < -0.3 is 24.1 Å². The van der Waals surface area contributed by atoms with Crippen molar-refractivity contribution >= 4 is 11.7 Å². The zero-order valence-corrected chi connectivity index (χ0v) is 16.7. The maximum absolute atomic E-state index is 13.2. The van der Waals surface area contributed by atoms with Gasteiger partial charge >= 0.3 is 0 Å². The molecule has 2 aromatic carbocycles. The van der Waals surface area contributed by atoms with Gasteiger partial charge in [0.2, 0.25) is 11.7 Å². The predicted molar refractivity (Wildman–Crippen MR) is 107 cm³/mol. The summed E-state index contributed by atoms with van der Waals surface area (Å²) in [6, 6.07) is 9.40. The fourth-order valence-electron chi connectivity index (χ4n) is 3.00. The average Bonchev–Trinajstić information content (AvgIpc) is 3.07. The summed E-state index contributed by atoms with van der Waals surface area (Å²) in [5, 5.41) is 2.88. The molecular weight excluding hydrogens is 377 g/mol. The molecule has 0 saturated carbocycles. The van der Waals surface area contributed by atoms with Crippen LogP contribution in [0.4, 0.5) is 10.2 Å². The number of hydrogen-bond acceptors (Lipinski definition) is 5. The van der Waals surface area contributed by atoms with Gasteiger partial charge in [0, 0.05) is 12.6 Å². The lowest BCUT2D eigenvalue weighted by atomic mass is 10.1. The molecule has 0 aliphatic heterocycles. The summed E-state index contributed by atoms with van der Waals surface area (Å²) in [6.45, 7) is 0. The number of ether oxygens (including phenoxy) is 3. The van der Waals surface area contributed by atoms with Crippen LogP contribution in [0.1, 0.15) is 5.56 Å². The lowest BCUT2D eigenvalue weighted by Gasteiger charge is -2.14. The molecule has 0 spiro atoms. The van der Waals surface area contributed by atoms with Gasteiger partial charge in [-0.2, -0.15) is 0 Å². The third-order valence-electron chi connectivity index (χ3n) is 4.40. The van der Waals surface area contributed by atoms with Gasteiger partial charge in [-0.1, -0.05) is 0 Å². The first-order chi connectivity index (χ1) is 14.0. The number of aromatic nitrogens is 2. The number of methoxy groups -OCH3 is 3. The molecule has 152 valence electrons. The maximum atomic E-state index is 13.2. The van der Waals surface area contributed by atoms with Gasteiger partial charge in [-0.05, 0) is 42.0 Å². The molecule has 1 amide bonds. The van der Waals surface area contributed by atoms with E-state index in [2.05, 4.69) is 10.3 Å². The number of hydrogen-bond donors (Lipinski definition) is 1. The Bertz CT molecular complexity index is 990. The summed E-state index contributed by atoms with van der Waals surface area (Å²) in [7, 11) is 6.33. The number of halogens is 1. The summed E-state index contributed by atoms with van der Waals surface area (Å²) < 4.78 is 30.9. The summed E-state index contributed by atoms with van der Waals surface area (Å²) in [4.78, 5) is 17.0. The highest BCUT2D eigenvalue weighted by Crippen LogP contribution is 2.38. The van der Waals surface area contributed by atoms with Crippen molar-refractivity contribution < 1.29 is 23.4 Å². The first kappa shape index (κ1) is 20.2. The first-order valence-electron chi connectivity index (χ1n) is 8.82. The minimum atomic E-state index is -0.335. The van der Waals surface area contributed by atoms with Crippen molar-refractivity contribution in [3.05, 3.63) is 54.1 Å². The van der Waals surface area contributed by atoms with E-state index in [0.717, 1.165) is 0 Å². The summed E-state index contributed by atoms with van der Waals surface area (Å²) in [5.74, 6) is 1.35. The fourth-order valence-corrected chi connectivity index (χ4v) is 3.00. The standard InChI is InChI=1S/C21H22FN3O4/c1-25-12-23-19(14-5-7-15(22)8-6-14)21(25)24-18(26)11-13-9-16(27-2)20(29-4)17(10-13)28-3/h5-10,12H,11H2,1-4H3,(H,24,26). The van der Waals surface area contributed by atoms with E-state index in [-0.39, 0.29) is 18.1 Å². The second-order valence-corrected chi connectivity index (χ2v) is 6.32. The van der Waals surface area contributed by atoms with Crippen LogP contribution in [0.25, 0.3) is 11.3 Å². The van der Waals surface area contributed by atoms with E-state index in [0.29, 0.717) is 39.9 Å². The Morgan fingerprint density at radius 1 is 1.07 bits per heavy atom. The number of benzene rings is 2. The summed E-state index contributed by atoms with van der Waals surface area (Å²) >= 11 is 0. The van der Waals surface area contributed by atoms with Gasteiger partial charge in [-0.3, -0.25) is 4.79 Å². The molecule has 7 nitrogen and oxygen atoms in total. The van der Waals surface area contributed by atoms with E-state index in [9.17, 15) is 9.18 Å². The van der Waals surface area contributed by atoms with Gasteiger partial charge in [0.1, 0.15) is 17.3 Å². The quantitative estimate of drug-likeness (QED) is 0.659. The number of nitrogens with one attached hydrogen (secondary N) is 1. The minimum absolute atomic E-state index is 0.0880. The Labute approximate surface area is 168 Å². The van der Waals surface area contributed by atoms with Crippen molar-refractivity contribution in [1.82, 2.24) is 9.55 Å². The average molecular weight is 399 g/mol. The van der Waals surface area contributed by atoms with Crippen molar-refractivity contribution in [2.45, 2.75) is 6.42 Å². The number of carbonyl (C=O) groups is 1. The zero-order valence-electron chi connectivity index (χ0n) is 16.7. The van der Waals surface area contributed by atoms with E-state index < -0.39 is 0 Å². The van der Waals surface area contributed by atoms with Crippen LogP contribution in [0.2, 0.25) is 0 Å². The Kier molecular flexibility index (Phi) is 6.01. The molecular formula is C21H22FN3O4. The predicted octanol–water partition coefficient (Wildman–Crippen LogP) is 3.43. The summed E-state index contributed by atoms with van der Waals surface area (Å²) in [6.07, 6.45) is 1.68. The Balaban J connectivity index is 1.84. The number of carbonyl (C=O) groups excluding carboxylic acids is 1. The van der Waals surface area contributed by atoms with E-state index in [1.54, 1.807) is 42.2 Å². The van der Waals surface area contributed by atoms with Crippen LogP contribution in [-0.2, 0) is 18.3 Å². The first-order valence-corrected chi connectivity index (χ1v) is 8.82. The Morgan fingerprint density at radius 2 is 1.69 bits per heavy atom. The molecule has 3 rings (SSSR count). The molecule has 1 heterocycles. The minimum Gasteiger partial charge on any atom is -0.493 e. The lowest BCUT2D eigenvalue weighted by Crippen LogP contribution is -2.17. The topological polar surface area (TPSA) is 74.6 Å².